The van der Waals surface area contributed by atoms with E-state index in [-0.39, 0.29) is 31.3 Å². The number of aryl methyl sites for hydroxylation is 1. The van der Waals surface area contributed by atoms with Crippen LogP contribution in [-0.4, -0.2) is 27.6 Å². The maximum atomic E-state index is 14.5. The standard InChI is InChI=1S/C35H27FN3O.C18H24NSi.Ir/c1-21-17-32-28(20-37-21)25-11-8-12-26(33(25)40-32)34-38-29-19-24(36)14-16-31(29)39(34)30-15-13-23(35(2,3)4)18-27(30)22-9-6-5-7-10-22;1-14(2)11-16-12-17(15-9-7-6-8-10-15)19-13-18(16)20(3,4)5;/h5-11,13-20H,1-4H3;6-9,12-14H,11H2,1-5H3;/q2*-1;. The molecule has 0 aliphatic carbocycles. The van der Waals surface area contributed by atoms with Crippen LogP contribution in [0.2, 0.25) is 19.6 Å². The van der Waals surface area contributed by atoms with E-state index in [1.165, 1.54) is 28.4 Å². The minimum atomic E-state index is -1.34. The monoisotopic (exact) mass is 999 g/mol. The summed E-state index contributed by atoms with van der Waals surface area (Å²) in [5, 5.41) is 3.36. The minimum Gasteiger partial charge on any atom is -0.500 e. The molecule has 0 fully saturated rings. The van der Waals surface area contributed by atoms with Gasteiger partial charge in [-0.05, 0) is 71.0 Å². The molecule has 0 spiro atoms. The van der Waals surface area contributed by atoms with Crippen molar-refractivity contribution in [3.8, 4) is 39.5 Å². The van der Waals surface area contributed by atoms with Gasteiger partial charge in [-0.25, -0.2) is 4.39 Å². The molecular formula is C53H51FIrN4OSi-2. The van der Waals surface area contributed by atoms with Crippen LogP contribution in [0.1, 0.15) is 51.4 Å². The molecular weight excluding hydrogens is 948 g/mol. The molecule has 4 aromatic heterocycles. The number of furan rings is 1. The Labute approximate surface area is 373 Å². The Balaban J connectivity index is 0.000000226. The first-order valence-corrected chi connectivity index (χ1v) is 24.2. The van der Waals surface area contributed by atoms with E-state index in [0.29, 0.717) is 28.4 Å². The predicted octanol–water partition coefficient (Wildman–Crippen LogP) is 13.5. The van der Waals surface area contributed by atoms with E-state index in [4.69, 9.17) is 9.40 Å². The van der Waals surface area contributed by atoms with Crippen molar-refractivity contribution in [2.75, 3.05) is 0 Å². The van der Waals surface area contributed by atoms with Crippen LogP contribution in [-0.2, 0) is 31.9 Å². The van der Waals surface area contributed by atoms with Gasteiger partial charge in [-0.3, -0.25) is 9.97 Å². The largest absolute Gasteiger partial charge is 0.500 e. The molecule has 0 bridgehead atoms. The molecule has 0 saturated carbocycles. The summed E-state index contributed by atoms with van der Waals surface area (Å²) >= 11 is 0. The molecule has 0 atom stereocenters. The molecule has 5 aromatic carbocycles. The molecule has 0 saturated heterocycles. The van der Waals surface area contributed by atoms with Crippen LogP contribution in [0.15, 0.2) is 132 Å². The summed E-state index contributed by atoms with van der Waals surface area (Å²) in [6, 6.07) is 44.5. The van der Waals surface area contributed by atoms with Gasteiger partial charge in [0.2, 0.25) is 0 Å². The Morgan fingerprint density at radius 2 is 1.57 bits per heavy atom. The first-order chi connectivity index (χ1) is 28.7. The number of fused-ring (bicyclic) bond motifs is 4. The molecule has 0 amide bonds. The number of nitrogens with zero attached hydrogens (tertiary/aromatic N) is 4. The van der Waals surface area contributed by atoms with Crippen LogP contribution in [0.25, 0.3) is 72.4 Å². The molecule has 1 radical (unpaired) electrons. The third-order valence-electron chi connectivity index (χ3n) is 10.9. The smallest absolute Gasteiger partial charge is 0.125 e. The van der Waals surface area contributed by atoms with Crippen LogP contribution in [0.4, 0.5) is 4.39 Å². The molecule has 0 unspecified atom stereocenters. The number of pyridine rings is 2. The molecule has 61 heavy (non-hydrogen) atoms. The number of hydrogen-bond acceptors (Lipinski definition) is 4. The Bertz CT molecular complexity index is 2980. The Kier molecular flexibility index (Phi) is 12.5. The normalized spacial score (nSPS) is 11.9. The molecule has 5 nitrogen and oxygen atoms in total. The van der Waals surface area contributed by atoms with Gasteiger partial charge in [0.15, 0.2) is 0 Å². The molecule has 9 aromatic rings. The number of aromatic nitrogens is 4. The van der Waals surface area contributed by atoms with Gasteiger partial charge < -0.3 is 14.0 Å². The van der Waals surface area contributed by atoms with Gasteiger partial charge in [-0.1, -0.05) is 113 Å². The van der Waals surface area contributed by atoms with Crippen molar-refractivity contribution in [1.82, 2.24) is 19.5 Å². The van der Waals surface area contributed by atoms with Crippen LogP contribution < -0.4 is 5.19 Å². The van der Waals surface area contributed by atoms with Crippen molar-refractivity contribution in [3.05, 3.63) is 162 Å². The van der Waals surface area contributed by atoms with Crippen LogP contribution >= 0.6 is 0 Å². The summed E-state index contributed by atoms with van der Waals surface area (Å²) in [7, 11) is -1.34. The SMILES string of the molecule is CC(C)Cc1cc(-c2[c-]cccc2)ncc1[Si](C)(C)C.Cc1cc2oc3c(-c4nc5cc(F)ccc5n4-c4ccc(C(C)(C)C)cc4-c4ccccc4)[c-]ccc3c2cn1.[Ir]. The average molecular weight is 999 g/mol. The molecule has 9 rings (SSSR count). The van der Waals surface area contributed by atoms with Crippen molar-refractivity contribution in [1.29, 1.82) is 0 Å². The maximum absolute atomic E-state index is 14.5. The number of halogens is 1. The first kappa shape index (κ1) is 43.6. The van der Waals surface area contributed by atoms with E-state index in [0.717, 1.165) is 62.1 Å². The second kappa shape index (κ2) is 17.4. The van der Waals surface area contributed by atoms with Crippen molar-refractivity contribution in [2.45, 2.75) is 73.0 Å². The predicted molar refractivity (Wildman–Crippen MR) is 249 cm³/mol. The molecule has 0 aliphatic rings. The van der Waals surface area contributed by atoms with Gasteiger partial charge in [-0.2, -0.15) is 0 Å². The zero-order chi connectivity index (χ0) is 42.3. The summed E-state index contributed by atoms with van der Waals surface area (Å²) in [4.78, 5) is 14.1. The molecule has 311 valence electrons. The third-order valence-corrected chi connectivity index (χ3v) is 13.0. The summed E-state index contributed by atoms with van der Waals surface area (Å²) in [5.41, 5.74) is 12.3. The van der Waals surface area contributed by atoms with E-state index in [2.05, 4.69) is 130 Å². The first-order valence-electron chi connectivity index (χ1n) is 20.7. The van der Waals surface area contributed by atoms with Crippen LogP contribution in [0.3, 0.4) is 0 Å². The van der Waals surface area contributed by atoms with Gasteiger partial charge in [0.25, 0.3) is 0 Å². The zero-order valence-corrected chi connectivity index (χ0v) is 39.7. The fraction of sp³-hybridized carbons (Fsp3) is 0.226. The van der Waals surface area contributed by atoms with Gasteiger partial charge >= 0.3 is 0 Å². The van der Waals surface area contributed by atoms with Gasteiger partial charge in [0, 0.05) is 67.0 Å². The van der Waals surface area contributed by atoms with E-state index < -0.39 is 8.07 Å². The number of imidazole rings is 1. The van der Waals surface area contributed by atoms with Crippen molar-refractivity contribution < 1.29 is 28.9 Å². The summed E-state index contributed by atoms with van der Waals surface area (Å²) < 4.78 is 23.0. The van der Waals surface area contributed by atoms with Gasteiger partial charge in [0.1, 0.15) is 11.4 Å². The van der Waals surface area contributed by atoms with E-state index in [1.807, 2.05) is 67.7 Å². The van der Waals surface area contributed by atoms with Crippen LogP contribution in [0, 0.1) is 30.8 Å². The van der Waals surface area contributed by atoms with Crippen LogP contribution in [0.5, 0.6) is 0 Å². The summed E-state index contributed by atoms with van der Waals surface area (Å²) in [6.45, 7) is 20.3. The fourth-order valence-electron chi connectivity index (χ4n) is 7.89. The van der Waals surface area contributed by atoms with E-state index in [9.17, 15) is 4.39 Å². The van der Waals surface area contributed by atoms with Crippen molar-refractivity contribution in [3.63, 3.8) is 0 Å². The van der Waals surface area contributed by atoms with Gasteiger partial charge in [0.05, 0.1) is 30.5 Å². The second-order valence-electron chi connectivity index (χ2n) is 18.1. The Morgan fingerprint density at radius 3 is 2.28 bits per heavy atom. The number of benzene rings is 5. The Morgan fingerprint density at radius 1 is 0.803 bits per heavy atom. The fourth-order valence-corrected chi connectivity index (χ4v) is 9.48. The average Bonchev–Trinajstić information content (AvgIpc) is 3.78. The van der Waals surface area contributed by atoms with Gasteiger partial charge in [-0.15, -0.1) is 54.1 Å². The Hall–Kier alpha value is -5.53. The maximum Gasteiger partial charge on any atom is 0.125 e. The van der Waals surface area contributed by atoms with E-state index in [1.54, 1.807) is 6.07 Å². The van der Waals surface area contributed by atoms with Crippen molar-refractivity contribution in [2.24, 2.45) is 5.92 Å². The number of rotatable bonds is 7. The van der Waals surface area contributed by atoms with E-state index >= 15 is 0 Å². The quantitative estimate of drug-likeness (QED) is 0.118. The minimum absolute atomic E-state index is 0. The summed E-state index contributed by atoms with van der Waals surface area (Å²) in [5.74, 6) is 0.971. The molecule has 0 N–H and O–H groups in total. The third kappa shape index (κ3) is 9.08. The number of hydrogen-bond donors (Lipinski definition) is 0. The molecule has 8 heteroatoms. The van der Waals surface area contributed by atoms with Crippen molar-refractivity contribution >= 4 is 46.2 Å². The topological polar surface area (TPSA) is 56.7 Å². The zero-order valence-electron chi connectivity index (χ0n) is 36.3. The molecule has 0 aliphatic heterocycles. The molecule has 4 heterocycles. The second-order valence-corrected chi connectivity index (χ2v) is 23.2. The summed E-state index contributed by atoms with van der Waals surface area (Å²) in [6.07, 6.45) is 5.08.